The van der Waals surface area contributed by atoms with Crippen LogP contribution in [-0.2, 0) is 15.9 Å². The van der Waals surface area contributed by atoms with Crippen molar-refractivity contribution >= 4 is 11.9 Å². The number of ether oxygens (including phenoxy) is 2. The molecule has 1 saturated heterocycles. The average molecular weight is 440 g/mol. The monoisotopic (exact) mass is 439 g/mol. The number of amides is 1. The highest BCUT2D eigenvalue weighted by Crippen LogP contribution is 2.24. The molecule has 0 unspecified atom stereocenters. The zero-order valence-electron chi connectivity index (χ0n) is 18.2. The fourth-order valence-electron chi connectivity index (χ4n) is 3.86. The highest BCUT2D eigenvalue weighted by Gasteiger charge is 2.17. The van der Waals surface area contributed by atoms with Crippen LogP contribution in [-0.4, -0.2) is 35.0 Å². The Hall–Kier alpha value is -3.74. The molecule has 1 amide bonds. The van der Waals surface area contributed by atoms with Gasteiger partial charge in [0, 0.05) is 29.4 Å². The second kappa shape index (κ2) is 9.81. The molecule has 1 aromatic heterocycles. The number of aryl methyl sites for hydroxylation is 1. The average Bonchev–Trinajstić information content (AvgIpc) is 3.54. The number of imidazole rings is 1. The van der Waals surface area contributed by atoms with Gasteiger partial charge in [0.05, 0.1) is 18.9 Å². The van der Waals surface area contributed by atoms with E-state index in [9.17, 15) is 4.79 Å². The molecule has 6 nitrogen and oxygen atoms in total. The lowest BCUT2D eigenvalue weighted by Gasteiger charge is -2.10. The summed E-state index contributed by atoms with van der Waals surface area (Å²) in [5.41, 5.74) is 4.43. The summed E-state index contributed by atoms with van der Waals surface area (Å²) in [4.78, 5) is 17.7. The Morgan fingerprint density at radius 3 is 2.27 bits per heavy atom. The van der Waals surface area contributed by atoms with Gasteiger partial charge in [-0.2, -0.15) is 0 Å². The molecule has 6 heteroatoms. The van der Waals surface area contributed by atoms with Gasteiger partial charge in [0.25, 0.3) is 5.91 Å². The van der Waals surface area contributed by atoms with Crippen LogP contribution >= 0.6 is 0 Å². The Kier molecular flexibility index (Phi) is 6.28. The minimum atomic E-state index is -0.202. The van der Waals surface area contributed by atoms with Crippen LogP contribution in [0.1, 0.15) is 22.3 Å². The van der Waals surface area contributed by atoms with Gasteiger partial charge >= 0.3 is 0 Å². The molecule has 166 valence electrons. The Morgan fingerprint density at radius 2 is 1.58 bits per heavy atom. The minimum Gasteiger partial charge on any atom is -0.350 e. The standard InChI is InChI=1S/C27H25N3O3/c31-26(22-14-11-20(12-15-22)13-16-25-32-17-18-33-25)29-27-28-24(21-7-3-1-4-8-21)19-30(27)23-9-5-2-6-10-23/h1-12,14-15,19,25H,13,16-18H2,(H,28,29,31). The maximum Gasteiger partial charge on any atom is 0.257 e. The van der Waals surface area contributed by atoms with Gasteiger partial charge < -0.3 is 9.47 Å². The first-order chi connectivity index (χ1) is 16.3. The summed E-state index contributed by atoms with van der Waals surface area (Å²) in [6.07, 6.45) is 3.47. The quantitative estimate of drug-likeness (QED) is 0.435. The molecule has 0 spiro atoms. The molecular weight excluding hydrogens is 414 g/mol. The van der Waals surface area contributed by atoms with Gasteiger partial charge in [-0.05, 0) is 36.2 Å². The van der Waals surface area contributed by atoms with E-state index in [1.165, 1.54) is 0 Å². The Morgan fingerprint density at radius 1 is 0.909 bits per heavy atom. The summed E-state index contributed by atoms with van der Waals surface area (Å²) in [6, 6.07) is 27.4. The molecule has 1 aliphatic rings. The zero-order valence-corrected chi connectivity index (χ0v) is 18.2. The van der Waals surface area contributed by atoms with E-state index in [4.69, 9.17) is 14.5 Å². The van der Waals surface area contributed by atoms with Crippen molar-refractivity contribution in [3.63, 3.8) is 0 Å². The molecule has 4 aromatic rings. The maximum atomic E-state index is 13.0. The van der Waals surface area contributed by atoms with Gasteiger partial charge in [-0.1, -0.05) is 60.7 Å². The van der Waals surface area contributed by atoms with E-state index < -0.39 is 0 Å². The first-order valence-electron chi connectivity index (χ1n) is 11.1. The smallest absolute Gasteiger partial charge is 0.257 e. The highest BCUT2D eigenvalue weighted by atomic mass is 16.7. The van der Waals surface area contributed by atoms with Crippen LogP contribution in [0.4, 0.5) is 5.95 Å². The van der Waals surface area contributed by atoms with Crippen molar-refractivity contribution in [3.05, 3.63) is 102 Å². The number of aromatic nitrogens is 2. The number of carbonyl (C=O) groups is 1. The molecule has 1 aliphatic heterocycles. The van der Waals surface area contributed by atoms with E-state index in [0.29, 0.717) is 24.7 Å². The fraction of sp³-hybridized carbons (Fsp3) is 0.185. The van der Waals surface area contributed by atoms with Gasteiger partial charge in [0.1, 0.15) is 0 Å². The third-order valence-corrected chi connectivity index (χ3v) is 5.61. The lowest BCUT2D eigenvalue weighted by Crippen LogP contribution is -2.15. The van der Waals surface area contributed by atoms with Crippen LogP contribution in [0.5, 0.6) is 0 Å². The minimum absolute atomic E-state index is 0.122. The topological polar surface area (TPSA) is 65.4 Å². The van der Waals surface area contributed by atoms with Crippen molar-refractivity contribution in [2.24, 2.45) is 0 Å². The summed E-state index contributed by atoms with van der Waals surface area (Å²) >= 11 is 0. The van der Waals surface area contributed by atoms with Gasteiger partial charge in [0.15, 0.2) is 6.29 Å². The molecule has 5 rings (SSSR count). The number of carbonyl (C=O) groups excluding carboxylic acids is 1. The van der Waals surface area contributed by atoms with Crippen LogP contribution in [0.3, 0.4) is 0 Å². The Balaban J connectivity index is 1.34. The summed E-state index contributed by atoms with van der Waals surface area (Å²) in [5.74, 6) is 0.274. The van der Waals surface area contributed by atoms with Crippen molar-refractivity contribution in [1.29, 1.82) is 0 Å². The molecule has 3 aromatic carbocycles. The molecule has 0 radical (unpaired) electrons. The Bertz CT molecular complexity index is 1200. The number of anilines is 1. The maximum absolute atomic E-state index is 13.0. The number of hydrogen-bond donors (Lipinski definition) is 1. The number of hydrogen-bond acceptors (Lipinski definition) is 4. The molecule has 0 saturated carbocycles. The summed E-state index contributed by atoms with van der Waals surface area (Å²) in [5, 5.41) is 2.98. The molecule has 33 heavy (non-hydrogen) atoms. The number of benzene rings is 3. The predicted octanol–water partition coefficient (Wildman–Crippen LogP) is 5.10. The van der Waals surface area contributed by atoms with Crippen LogP contribution in [0, 0.1) is 0 Å². The van der Waals surface area contributed by atoms with Crippen LogP contribution in [0.15, 0.2) is 91.1 Å². The van der Waals surface area contributed by atoms with Gasteiger partial charge in [-0.15, -0.1) is 0 Å². The SMILES string of the molecule is O=C(Nc1nc(-c2ccccc2)cn1-c1ccccc1)c1ccc(CCC2OCCO2)cc1. The predicted molar refractivity (Wildman–Crippen MR) is 127 cm³/mol. The van der Waals surface area contributed by atoms with Gasteiger partial charge in [-0.25, -0.2) is 4.98 Å². The number of nitrogens with zero attached hydrogens (tertiary/aromatic N) is 2. The summed E-state index contributed by atoms with van der Waals surface area (Å²) < 4.78 is 12.9. The van der Waals surface area contributed by atoms with E-state index in [2.05, 4.69) is 5.32 Å². The number of para-hydroxylation sites is 1. The van der Waals surface area contributed by atoms with Crippen molar-refractivity contribution < 1.29 is 14.3 Å². The Labute approximate surface area is 192 Å². The third-order valence-electron chi connectivity index (χ3n) is 5.61. The molecule has 1 N–H and O–H groups in total. The molecule has 0 atom stereocenters. The van der Waals surface area contributed by atoms with Crippen LogP contribution < -0.4 is 5.32 Å². The number of rotatable bonds is 7. The molecule has 1 fully saturated rings. The highest BCUT2D eigenvalue weighted by molar-refractivity contribution is 6.03. The lowest BCUT2D eigenvalue weighted by molar-refractivity contribution is -0.0462. The first kappa shape index (κ1) is 21.1. The van der Waals surface area contributed by atoms with E-state index in [-0.39, 0.29) is 12.2 Å². The van der Waals surface area contributed by atoms with Crippen molar-refractivity contribution in [2.45, 2.75) is 19.1 Å². The van der Waals surface area contributed by atoms with Gasteiger partial charge in [0.2, 0.25) is 5.95 Å². The molecular formula is C27H25N3O3. The normalized spacial score (nSPS) is 13.8. The van der Waals surface area contributed by atoms with Crippen LogP contribution in [0.25, 0.3) is 16.9 Å². The second-order valence-electron chi connectivity index (χ2n) is 7.88. The first-order valence-corrected chi connectivity index (χ1v) is 11.1. The molecule has 0 aliphatic carbocycles. The van der Waals surface area contributed by atoms with E-state index in [1.807, 2.05) is 95.7 Å². The van der Waals surface area contributed by atoms with Crippen molar-refractivity contribution in [3.8, 4) is 16.9 Å². The fourth-order valence-corrected chi connectivity index (χ4v) is 3.86. The number of nitrogens with one attached hydrogen (secondary N) is 1. The lowest BCUT2D eigenvalue weighted by atomic mass is 10.1. The molecule has 0 bridgehead atoms. The zero-order chi connectivity index (χ0) is 22.5. The second-order valence-corrected chi connectivity index (χ2v) is 7.88. The van der Waals surface area contributed by atoms with E-state index >= 15 is 0 Å². The van der Waals surface area contributed by atoms with Crippen molar-refractivity contribution in [1.82, 2.24) is 9.55 Å². The third kappa shape index (κ3) is 5.03. The van der Waals surface area contributed by atoms with E-state index in [0.717, 1.165) is 35.3 Å². The summed E-state index contributed by atoms with van der Waals surface area (Å²) in [6.45, 7) is 1.32. The van der Waals surface area contributed by atoms with Gasteiger partial charge in [-0.3, -0.25) is 14.7 Å². The molecule has 2 heterocycles. The van der Waals surface area contributed by atoms with Crippen LogP contribution in [0.2, 0.25) is 0 Å². The largest absolute Gasteiger partial charge is 0.350 e. The van der Waals surface area contributed by atoms with Crippen molar-refractivity contribution in [2.75, 3.05) is 18.5 Å². The van der Waals surface area contributed by atoms with E-state index in [1.54, 1.807) is 0 Å². The summed E-state index contributed by atoms with van der Waals surface area (Å²) in [7, 11) is 0.